The molecule has 0 atom stereocenters. The molecule has 0 aliphatic carbocycles. The molecule has 0 amide bonds. The summed E-state index contributed by atoms with van der Waals surface area (Å²) in [6.45, 7) is 2.28. The Hall–Kier alpha value is 1.30. The Bertz CT molecular complexity index is 122. The van der Waals surface area contributed by atoms with Gasteiger partial charge in [-0.1, -0.05) is 0 Å². The van der Waals surface area contributed by atoms with E-state index in [1.54, 1.807) is 0 Å². The molecule has 1 fully saturated rings. The van der Waals surface area contributed by atoms with Crippen LogP contribution in [-0.4, -0.2) is 32.0 Å². The molecule has 1 aliphatic rings. The molecule has 12 heavy (non-hydrogen) atoms. The molecule has 1 heterocycles. The van der Waals surface area contributed by atoms with Crippen molar-refractivity contribution in [3.63, 3.8) is 0 Å². The van der Waals surface area contributed by atoms with Crippen LogP contribution in [0, 0.1) is 0 Å². The first kappa shape index (κ1) is 11.4. The third-order valence-corrected chi connectivity index (χ3v) is 5.66. The molecule has 0 bridgehead atoms. The van der Waals surface area contributed by atoms with Crippen LogP contribution in [0.2, 0.25) is 0 Å². The summed E-state index contributed by atoms with van der Waals surface area (Å²) >= 11 is 6.79. The van der Waals surface area contributed by atoms with Crippen LogP contribution >= 0.6 is 23.5 Å². The summed E-state index contributed by atoms with van der Waals surface area (Å²) in [7, 11) is 0. The Labute approximate surface area is 94.2 Å². The zero-order valence-electron chi connectivity index (χ0n) is 8.27. The zero-order chi connectivity index (χ0) is 8.86. The van der Waals surface area contributed by atoms with Gasteiger partial charge in [0.05, 0.1) is 0 Å². The third-order valence-electron chi connectivity index (χ3n) is 2.34. The summed E-state index contributed by atoms with van der Waals surface area (Å²) in [5, 5.41) is 0. The Morgan fingerprint density at radius 2 is 1.92 bits per heavy atom. The van der Waals surface area contributed by atoms with E-state index in [-0.39, 0.29) is 0 Å². The van der Waals surface area contributed by atoms with Gasteiger partial charge in [0.25, 0.3) is 0 Å². The zero-order valence-corrected chi connectivity index (χ0v) is 9.90. The summed E-state index contributed by atoms with van der Waals surface area (Å²) in [4.78, 5) is 0. The maximum absolute atomic E-state index is 2.43. The molecule has 1 aliphatic heterocycles. The van der Waals surface area contributed by atoms with Crippen molar-refractivity contribution in [1.29, 1.82) is 0 Å². The second-order valence-corrected chi connectivity index (χ2v) is 7.10. The monoisotopic (exact) mass is 196 g/mol. The van der Waals surface area contributed by atoms with Gasteiger partial charge in [-0.15, -0.1) is 0 Å². The molecule has 3 heteroatoms. The van der Waals surface area contributed by atoms with Crippen LogP contribution in [0.15, 0.2) is 0 Å². The molecule has 0 nitrogen and oxygen atoms in total. The van der Waals surface area contributed by atoms with Gasteiger partial charge >= 0.3 is 94.5 Å². The summed E-state index contributed by atoms with van der Waals surface area (Å²) in [5.74, 6) is 2.77. The Morgan fingerprint density at radius 3 is 2.50 bits per heavy atom. The van der Waals surface area contributed by atoms with Gasteiger partial charge in [0, 0.05) is 0 Å². The maximum atomic E-state index is 2.43. The van der Waals surface area contributed by atoms with Crippen molar-refractivity contribution in [3.8, 4) is 0 Å². The number of hydrogen-bond donors (Lipinski definition) is 0. The Morgan fingerprint density at radius 1 is 1.25 bits per heavy atom. The first-order valence-corrected chi connectivity index (χ1v) is 7.02. The van der Waals surface area contributed by atoms with Crippen molar-refractivity contribution >= 4 is 41.2 Å². The fourth-order valence-electron chi connectivity index (χ4n) is 1.52. The van der Waals surface area contributed by atoms with Crippen molar-refractivity contribution in [1.82, 2.24) is 0 Å². The molecule has 0 unspecified atom stereocenters. The van der Waals surface area contributed by atoms with E-state index in [1.807, 2.05) is 0 Å². The fourth-order valence-corrected chi connectivity index (χ4v) is 4.55. The van der Waals surface area contributed by atoms with Crippen LogP contribution in [-0.2, 0) is 0 Å². The minimum absolute atomic E-state index is 0.563. The van der Waals surface area contributed by atoms with Gasteiger partial charge in [0.15, 0.2) is 0 Å². The van der Waals surface area contributed by atoms with E-state index >= 15 is 0 Å². The van der Waals surface area contributed by atoms with Gasteiger partial charge in [-0.2, -0.15) is 0 Å². The SMILES string of the molecule is [Li][C]1(CCCCC)SCCCS1. The molecule has 66 valence electrons. The fraction of sp³-hybridized carbons (Fsp3) is 1.00. The van der Waals surface area contributed by atoms with Crippen molar-refractivity contribution < 1.29 is 0 Å². The van der Waals surface area contributed by atoms with Crippen LogP contribution in [0.3, 0.4) is 0 Å². The first-order chi connectivity index (χ1) is 5.77. The van der Waals surface area contributed by atoms with Crippen molar-refractivity contribution in [2.24, 2.45) is 0 Å². The number of hydrogen-bond acceptors (Lipinski definition) is 2. The number of unbranched alkanes of at least 4 members (excludes halogenated alkanes) is 2. The molecular weight excluding hydrogens is 179 g/mol. The van der Waals surface area contributed by atoms with Gasteiger partial charge in [-0.25, -0.2) is 0 Å². The van der Waals surface area contributed by atoms with E-state index in [0.717, 1.165) is 0 Å². The first-order valence-electron chi connectivity index (χ1n) is 5.05. The molecule has 0 radical (unpaired) electrons. The average molecular weight is 196 g/mol. The van der Waals surface area contributed by atoms with Gasteiger partial charge in [-0.05, 0) is 0 Å². The molecule has 1 rings (SSSR count). The van der Waals surface area contributed by atoms with Crippen LogP contribution in [0.25, 0.3) is 0 Å². The molecule has 0 N–H and O–H groups in total. The average Bonchev–Trinajstić information content (AvgIpc) is 2.06. The standard InChI is InChI=1S/C9H17S2.Li/c1-2-3-4-6-9-10-7-5-8-11-9;/h2-8H2,1H3;. The summed E-state index contributed by atoms with van der Waals surface area (Å²) in [6.07, 6.45) is 7.02. The topological polar surface area (TPSA) is 0 Å². The van der Waals surface area contributed by atoms with E-state index in [1.165, 1.54) is 43.6 Å². The van der Waals surface area contributed by atoms with E-state index in [0.29, 0.717) is 2.75 Å². The van der Waals surface area contributed by atoms with Crippen LogP contribution in [0.1, 0.15) is 39.0 Å². The number of rotatable bonds is 4. The molecule has 0 spiro atoms. The molecule has 0 aromatic rings. The Kier molecular flexibility index (Phi) is 5.60. The molecule has 1 saturated heterocycles. The quantitative estimate of drug-likeness (QED) is 0.500. The normalized spacial score (nSPS) is 22.6. The molecule has 0 aromatic carbocycles. The minimum atomic E-state index is 0.563. The van der Waals surface area contributed by atoms with Crippen molar-refractivity contribution in [2.45, 2.75) is 41.8 Å². The molecule has 0 aromatic heterocycles. The van der Waals surface area contributed by atoms with Crippen LogP contribution in [0.4, 0.5) is 0 Å². The Balaban J connectivity index is 2.17. The second kappa shape index (κ2) is 5.91. The summed E-state index contributed by atoms with van der Waals surface area (Å²) < 4.78 is 0.563. The third kappa shape index (κ3) is 4.00. The second-order valence-electron chi connectivity index (χ2n) is 3.64. The molecule has 0 saturated carbocycles. The van der Waals surface area contributed by atoms with Gasteiger partial charge in [-0.3, -0.25) is 0 Å². The van der Waals surface area contributed by atoms with E-state index in [4.69, 9.17) is 0 Å². The predicted molar refractivity (Wildman–Crippen MR) is 62.2 cm³/mol. The van der Waals surface area contributed by atoms with E-state index in [9.17, 15) is 0 Å². The number of thioether (sulfide) groups is 2. The molecular formula is C9H17LiS2. The van der Waals surface area contributed by atoms with E-state index < -0.39 is 0 Å². The van der Waals surface area contributed by atoms with Crippen molar-refractivity contribution in [3.05, 3.63) is 0 Å². The van der Waals surface area contributed by atoms with Crippen LogP contribution < -0.4 is 0 Å². The van der Waals surface area contributed by atoms with Crippen molar-refractivity contribution in [2.75, 3.05) is 11.5 Å². The van der Waals surface area contributed by atoms with E-state index in [2.05, 4.69) is 48.2 Å². The van der Waals surface area contributed by atoms with Gasteiger partial charge < -0.3 is 0 Å². The van der Waals surface area contributed by atoms with Gasteiger partial charge in [0.2, 0.25) is 0 Å². The van der Waals surface area contributed by atoms with Gasteiger partial charge in [0.1, 0.15) is 0 Å². The summed E-state index contributed by atoms with van der Waals surface area (Å²) in [5.41, 5.74) is 0. The van der Waals surface area contributed by atoms with Crippen LogP contribution in [0.5, 0.6) is 0 Å². The predicted octanol–water partition coefficient (Wildman–Crippen LogP) is 3.26. The summed E-state index contributed by atoms with van der Waals surface area (Å²) in [6, 6.07) is 0.